The molecule has 96 valence electrons. The Morgan fingerprint density at radius 1 is 1.32 bits per heavy atom. The van der Waals surface area contributed by atoms with Crippen molar-refractivity contribution in [3.05, 3.63) is 53.9 Å². The number of nitrogens with one attached hydrogen (secondary N) is 1. The van der Waals surface area contributed by atoms with Crippen LogP contribution in [0.1, 0.15) is 11.1 Å². The lowest BCUT2D eigenvalue weighted by atomic mass is 10.2. The standard InChI is InChI=1S/C16H16N2O/c1-3-10-19-16-7-5-4-6-14(16)11-18-15-12-17-9-8-13(15)2/h1,4-9,12,18H,10-11H2,2H3. The van der Waals surface area contributed by atoms with E-state index in [0.717, 1.165) is 22.6 Å². The topological polar surface area (TPSA) is 34.1 Å². The number of aryl methyl sites for hydroxylation is 1. The van der Waals surface area contributed by atoms with Gasteiger partial charge in [0, 0.05) is 18.3 Å². The second-order valence-corrected chi connectivity index (χ2v) is 4.14. The summed E-state index contributed by atoms with van der Waals surface area (Å²) in [4.78, 5) is 4.11. The van der Waals surface area contributed by atoms with Gasteiger partial charge in [-0.15, -0.1) is 6.42 Å². The molecule has 3 nitrogen and oxygen atoms in total. The maximum atomic E-state index is 5.51. The molecule has 19 heavy (non-hydrogen) atoms. The molecule has 0 aliphatic heterocycles. The molecular formula is C16H16N2O. The maximum absolute atomic E-state index is 5.51. The zero-order chi connectivity index (χ0) is 13.5. The Bertz CT molecular complexity index is 587. The summed E-state index contributed by atoms with van der Waals surface area (Å²) in [7, 11) is 0. The Morgan fingerprint density at radius 2 is 2.16 bits per heavy atom. The number of hydrogen-bond acceptors (Lipinski definition) is 3. The molecule has 0 atom stereocenters. The number of benzene rings is 1. The first-order valence-corrected chi connectivity index (χ1v) is 6.10. The van der Waals surface area contributed by atoms with Crippen molar-refractivity contribution in [2.24, 2.45) is 0 Å². The van der Waals surface area contributed by atoms with Gasteiger partial charge in [0.1, 0.15) is 12.4 Å². The largest absolute Gasteiger partial charge is 0.481 e. The molecule has 2 rings (SSSR count). The number of anilines is 1. The highest BCUT2D eigenvalue weighted by atomic mass is 16.5. The summed E-state index contributed by atoms with van der Waals surface area (Å²) in [6.45, 7) is 3.00. The third-order valence-electron chi connectivity index (χ3n) is 2.79. The van der Waals surface area contributed by atoms with Crippen LogP contribution in [0.15, 0.2) is 42.7 Å². The summed E-state index contributed by atoms with van der Waals surface area (Å²) in [6.07, 6.45) is 8.81. The minimum absolute atomic E-state index is 0.281. The number of terminal acetylenes is 1. The lowest BCUT2D eigenvalue weighted by Crippen LogP contribution is -2.04. The third kappa shape index (κ3) is 3.49. The van der Waals surface area contributed by atoms with Gasteiger partial charge in [-0.05, 0) is 24.6 Å². The predicted molar refractivity (Wildman–Crippen MR) is 77.1 cm³/mol. The lowest BCUT2D eigenvalue weighted by Gasteiger charge is -2.12. The predicted octanol–water partition coefficient (Wildman–Crippen LogP) is 3.01. The molecule has 1 heterocycles. The van der Waals surface area contributed by atoms with Gasteiger partial charge in [0.05, 0.1) is 11.9 Å². The van der Waals surface area contributed by atoms with E-state index in [-0.39, 0.29) is 6.61 Å². The number of hydrogen-bond donors (Lipinski definition) is 1. The van der Waals surface area contributed by atoms with Crippen molar-refractivity contribution in [3.63, 3.8) is 0 Å². The molecule has 0 aliphatic rings. The maximum Gasteiger partial charge on any atom is 0.148 e. The average molecular weight is 252 g/mol. The van der Waals surface area contributed by atoms with Gasteiger partial charge in [-0.3, -0.25) is 4.98 Å². The van der Waals surface area contributed by atoms with Crippen molar-refractivity contribution < 1.29 is 4.74 Å². The van der Waals surface area contributed by atoms with E-state index in [4.69, 9.17) is 11.2 Å². The quantitative estimate of drug-likeness (QED) is 0.831. The summed E-state index contributed by atoms with van der Waals surface area (Å²) in [5.74, 6) is 3.29. The zero-order valence-electron chi connectivity index (χ0n) is 10.9. The van der Waals surface area contributed by atoms with Crippen LogP contribution >= 0.6 is 0 Å². The second kappa shape index (κ2) is 6.46. The number of rotatable bonds is 5. The van der Waals surface area contributed by atoms with E-state index in [9.17, 15) is 0 Å². The molecule has 1 aromatic heterocycles. The molecular weight excluding hydrogens is 236 g/mol. The molecule has 0 fully saturated rings. The Morgan fingerprint density at radius 3 is 2.95 bits per heavy atom. The van der Waals surface area contributed by atoms with E-state index in [1.807, 2.05) is 43.5 Å². The fraction of sp³-hybridized carbons (Fsp3) is 0.188. The number of pyridine rings is 1. The first kappa shape index (κ1) is 13.0. The summed E-state index contributed by atoms with van der Waals surface area (Å²) in [5.41, 5.74) is 3.26. The van der Waals surface area contributed by atoms with Gasteiger partial charge < -0.3 is 10.1 Å². The Labute approximate surface area is 113 Å². The van der Waals surface area contributed by atoms with E-state index >= 15 is 0 Å². The Balaban J connectivity index is 2.07. The van der Waals surface area contributed by atoms with Crippen molar-refractivity contribution in [1.29, 1.82) is 0 Å². The van der Waals surface area contributed by atoms with Crippen LogP contribution in [0.4, 0.5) is 5.69 Å². The van der Waals surface area contributed by atoms with Crippen LogP contribution in [-0.4, -0.2) is 11.6 Å². The van der Waals surface area contributed by atoms with Gasteiger partial charge in [0.15, 0.2) is 0 Å². The van der Waals surface area contributed by atoms with Crippen LogP contribution in [0.5, 0.6) is 5.75 Å². The molecule has 0 amide bonds. The summed E-state index contributed by atoms with van der Waals surface area (Å²) >= 11 is 0. The molecule has 1 N–H and O–H groups in total. The van der Waals surface area contributed by atoms with E-state index < -0.39 is 0 Å². The fourth-order valence-electron chi connectivity index (χ4n) is 1.75. The summed E-state index contributed by atoms with van der Waals surface area (Å²) in [6, 6.07) is 9.83. The molecule has 1 aromatic carbocycles. The molecule has 0 saturated carbocycles. The third-order valence-corrected chi connectivity index (χ3v) is 2.79. The first-order chi connectivity index (χ1) is 9.31. The van der Waals surface area contributed by atoms with Crippen LogP contribution < -0.4 is 10.1 Å². The lowest BCUT2D eigenvalue weighted by molar-refractivity contribution is 0.366. The van der Waals surface area contributed by atoms with Gasteiger partial charge in [0.2, 0.25) is 0 Å². The molecule has 0 spiro atoms. The van der Waals surface area contributed by atoms with Crippen LogP contribution in [-0.2, 0) is 6.54 Å². The number of aromatic nitrogens is 1. The van der Waals surface area contributed by atoms with Crippen LogP contribution in [0.3, 0.4) is 0 Å². The number of nitrogens with zero attached hydrogens (tertiary/aromatic N) is 1. The Hall–Kier alpha value is -2.47. The summed E-state index contributed by atoms with van der Waals surface area (Å²) < 4.78 is 5.51. The molecule has 3 heteroatoms. The molecule has 0 saturated heterocycles. The normalized spacial score (nSPS) is 9.68. The number of para-hydroxylation sites is 1. The van der Waals surface area contributed by atoms with E-state index in [1.165, 1.54) is 0 Å². The second-order valence-electron chi connectivity index (χ2n) is 4.14. The highest BCUT2D eigenvalue weighted by molar-refractivity contribution is 5.49. The monoisotopic (exact) mass is 252 g/mol. The van der Waals surface area contributed by atoms with Crippen molar-refractivity contribution in [1.82, 2.24) is 4.98 Å². The van der Waals surface area contributed by atoms with E-state index in [0.29, 0.717) is 6.54 Å². The van der Waals surface area contributed by atoms with Crippen molar-refractivity contribution in [2.45, 2.75) is 13.5 Å². The molecule has 0 bridgehead atoms. The summed E-state index contributed by atoms with van der Waals surface area (Å²) in [5, 5.41) is 3.35. The Kier molecular flexibility index (Phi) is 4.41. The van der Waals surface area contributed by atoms with Gasteiger partial charge >= 0.3 is 0 Å². The fourth-order valence-corrected chi connectivity index (χ4v) is 1.75. The molecule has 2 aromatic rings. The minimum Gasteiger partial charge on any atom is -0.481 e. The highest BCUT2D eigenvalue weighted by Crippen LogP contribution is 2.20. The van der Waals surface area contributed by atoms with Gasteiger partial charge in [-0.2, -0.15) is 0 Å². The van der Waals surface area contributed by atoms with E-state index in [2.05, 4.69) is 16.2 Å². The van der Waals surface area contributed by atoms with E-state index in [1.54, 1.807) is 6.20 Å². The minimum atomic E-state index is 0.281. The van der Waals surface area contributed by atoms with Gasteiger partial charge in [0.25, 0.3) is 0 Å². The van der Waals surface area contributed by atoms with Crippen molar-refractivity contribution >= 4 is 5.69 Å². The average Bonchev–Trinajstić information content (AvgIpc) is 2.45. The van der Waals surface area contributed by atoms with Crippen LogP contribution in [0, 0.1) is 19.3 Å². The first-order valence-electron chi connectivity index (χ1n) is 6.10. The molecule has 0 aliphatic carbocycles. The van der Waals surface area contributed by atoms with Gasteiger partial charge in [-0.25, -0.2) is 0 Å². The molecule has 0 radical (unpaired) electrons. The SMILES string of the molecule is C#CCOc1ccccc1CNc1cnccc1C. The van der Waals surface area contributed by atoms with Crippen molar-refractivity contribution in [3.8, 4) is 18.1 Å². The zero-order valence-corrected chi connectivity index (χ0v) is 10.9. The smallest absolute Gasteiger partial charge is 0.148 e. The number of ether oxygens (including phenoxy) is 1. The van der Waals surface area contributed by atoms with Crippen LogP contribution in [0.2, 0.25) is 0 Å². The van der Waals surface area contributed by atoms with Crippen molar-refractivity contribution in [2.75, 3.05) is 11.9 Å². The van der Waals surface area contributed by atoms with Crippen LogP contribution in [0.25, 0.3) is 0 Å². The highest BCUT2D eigenvalue weighted by Gasteiger charge is 2.03. The van der Waals surface area contributed by atoms with Gasteiger partial charge in [-0.1, -0.05) is 24.1 Å². The molecule has 0 unspecified atom stereocenters.